The Morgan fingerprint density at radius 1 is 1.44 bits per heavy atom. The summed E-state index contributed by atoms with van der Waals surface area (Å²) in [6.07, 6.45) is 3.48. The molecule has 0 spiro atoms. The Hall–Kier alpha value is -1.91. The number of aromatic nitrogens is 1. The molecule has 0 saturated heterocycles. The van der Waals surface area contributed by atoms with E-state index in [1.54, 1.807) is 18.5 Å². The number of carbonyl (C=O) groups excluding carboxylic acids is 1. The number of hydrogen-bond acceptors (Lipinski definition) is 3. The van der Waals surface area contributed by atoms with Crippen molar-refractivity contribution in [2.24, 2.45) is 11.8 Å². The summed E-state index contributed by atoms with van der Waals surface area (Å²) >= 11 is 0. The fraction of sp³-hybridized carbons (Fsp3) is 0.462. The van der Waals surface area contributed by atoms with Crippen molar-refractivity contribution in [1.82, 2.24) is 10.3 Å². The number of nitrogens with zero attached hydrogens (tertiary/aromatic N) is 1. The van der Waals surface area contributed by atoms with Crippen LogP contribution >= 0.6 is 0 Å². The minimum atomic E-state index is -0.883. The average molecular weight is 250 g/mol. The van der Waals surface area contributed by atoms with Gasteiger partial charge >= 0.3 is 5.97 Å². The molecule has 0 aromatic carbocycles. The molecule has 0 saturated carbocycles. The summed E-state index contributed by atoms with van der Waals surface area (Å²) in [5, 5.41) is 11.6. The molecular weight excluding hydrogens is 232 g/mol. The van der Waals surface area contributed by atoms with Gasteiger partial charge in [-0.2, -0.15) is 0 Å². The second kappa shape index (κ2) is 6.74. The summed E-state index contributed by atoms with van der Waals surface area (Å²) in [4.78, 5) is 26.5. The molecule has 1 aromatic rings. The van der Waals surface area contributed by atoms with E-state index in [2.05, 4.69) is 10.3 Å². The summed E-state index contributed by atoms with van der Waals surface area (Å²) < 4.78 is 0. The molecular formula is C13H18N2O3. The van der Waals surface area contributed by atoms with Gasteiger partial charge in [0.1, 0.15) is 0 Å². The second-order valence-electron chi connectivity index (χ2n) is 4.53. The molecule has 0 aliphatic carbocycles. The van der Waals surface area contributed by atoms with Crippen LogP contribution in [-0.2, 0) is 16.0 Å². The van der Waals surface area contributed by atoms with E-state index in [0.29, 0.717) is 0 Å². The van der Waals surface area contributed by atoms with Crippen LogP contribution in [0.3, 0.4) is 0 Å². The number of nitrogens with one attached hydrogen (secondary N) is 1. The summed E-state index contributed by atoms with van der Waals surface area (Å²) in [5.74, 6) is -1.63. The largest absolute Gasteiger partial charge is 0.481 e. The van der Waals surface area contributed by atoms with Crippen LogP contribution in [0.4, 0.5) is 0 Å². The number of amides is 1. The highest BCUT2D eigenvalue weighted by Crippen LogP contribution is 2.09. The maximum absolute atomic E-state index is 11.6. The number of rotatable bonds is 6. The zero-order valence-corrected chi connectivity index (χ0v) is 10.6. The maximum Gasteiger partial charge on any atom is 0.308 e. The van der Waals surface area contributed by atoms with Crippen LogP contribution < -0.4 is 5.32 Å². The van der Waals surface area contributed by atoms with Crippen molar-refractivity contribution >= 4 is 11.9 Å². The molecule has 98 valence electrons. The first-order chi connectivity index (χ1) is 8.50. The highest BCUT2D eigenvalue weighted by molar-refractivity contribution is 5.79. The molecule has 1 amide bonds. The van der Waals surface area contributed by atoms with E-state index >= 15 is 0 Å². The Morgan fingerprint density at radius 2 is 2.17 bits per heavy atom. The van der Waals surface area contributed by atoms with Gasteiger partial charge in [-0.15, -0.1) is 0 Å². The number of carboxylic acids is 1. The van der Waals surface area contributed by atoms with Crippen LogP contribution in [0, 0.1) is 11.8 Å². The fourth-order valence-corrected chi connectivity index (χ4v) is 1.58. The molecule has 0 bridgehead atoms. The van der Waals surface area contributed by atoms with E-state index in [-0.39, 0.29) is 24.8 Å². The molecule has 0 fully saturated rings. The SMILES string of the molecule is CC(C)C(CNC(=O)Cc1cccnc1)C(=O)O. The van der Waals surface area contributed by atoms with E-state index in [0.717, 1.165) is 5.56 Å². The van der Waals surface area contributed by atoms with Gasteiger partial charge in [-0.05, 0) is 17.5 Å². The van der Waals surface area contributed by atoms with Gasteiger partial charge in [-0.3, -0.25) is 14.6 Å². The summed E-state index contributed by atoms with van der Waals surface area (Å²) in [5.41, 5.74) is 0.812. The van der Waals surface area contributed by atoms with E-state index in [9.17, 15) is 9.59 Å². The van der Waals surface area contributed by atoms with Gasteiger partial charge < -0.3 is 10.4 Å². The zero-order chi connectivity index (χ0) is 13.5. The number of hydrogen-bond donors (Lipinski definition) is 2. The molecule has 0 aliphatic heterocycles. The topological polar surface area (TPSA) is 79.3 Å². The van der Waals surface area contributed by atoms with Gasteiger partial charge in [0.2, 0.25) is 5.91 Å². The minimum Gasteiger partial charge on any atom is -0.481 e. The first-order valence-corrected chi connectivity index (χ1v) is 5.89. The Labute approximate surface area is 106 Å². The van der Waals surface area contributed by atoms with Crippen molar-refractivity contribution in [3.63, 3.8) is 0 Å². The van der Waals surface area contributed by atoms with Crippen LogP contribution in [0.5, 0.6) is 0 Å². The lowest BCUT2D eigenvalue weighted by molar-refractivity contribution is -0.143. The first-order valence-electron chi connectivity index (χ1n) is 5.89. The fourth-order valence-electron chi connectivity index (χ4n) is 1.58. The molecule has 0 aliphatic rings. The van der Waals surface area contributed by atoms with Crippen molar-refractivity contribution in [1.29, 1.82) is 0 Å². The van der Waals surface area contributed by atoms with Crippen LogP contribution in [0.25, 0.3) is 0 Å². The molecule has 5 heteroatoms. The van der Waals surface area contributed by atoms with Crippen LogP contribution in [0.15, 0.2) is 24.5 Å². The lowest BCUT2D eigenvalue weighted by Crippen LogP contribution is -2.36. The second-order valence-corrected chi connectivity index (χ2v) is 4.53. The maximum atomic E-state index is 11.6. The molecule has 1 heterocycles. The Bertz CT molecular complexity index is 404. The summed E-state index contributed by atoms with van der Waals surface area (Å²) in [6.45, 7) is 3.81. The smallest absolute Gasteiger partial charge is 0.308 e. The number of carbonyl (C=O) groups is 2. The molecule has 1 unspecified atom stereocenters. The Balaban J connectivity index is 2.44. The van der Waals surface area contributed by atoms with Gasteiger partial charge in [-0.1, -0.05) is 19.9 Å². The van der Waals surface area contributed by atoms with Gasteiger partial charge in [0.05, 0.1) is 12.3 Å². The molecule has 1 rings (SSSR count). The molecule has 18 heavy (non-hydrogen) atoms. The monoisotopic (exact) mass is 250 g/mol. The van der Waals surface area contributed by atoms with Crippen molar-refractivity contribution in [2.45, 2.75) is 20.3 Å². The Kier molecular flexibility index (Phi) is 5.30. The number of pyridine rings is 1. The third-order valence-corrected chi connectivity index (χ3v) is 2.73. The van der Waals surface area contributed by atoms with Crippen LogP contribution in [-0.4, -0.2) is 28.5 Å². The van der Waals surface area contributed by atoms with Crippen LogP contribution in [0.2, 0.25) is 0 Å². The quantitative estimate of drug-likeness (QED) is 0.792. The van der Waals surface area contributed by atoms with Gasteiger partial charge in [0, 0.05) is 18.9 Å². The molecule has 2 N–H and O–H groups in total. The average Bonchev–Trinajstić information content (AvgIpc) is 2.29. The van der Waals surface area contributed by atoms with Crippen molar-refractivity contribution in [2.75, 3.05) is 6.54 Å². The molecule has 0 radical (unpaired) electrons. The van der Waals surface area contributed by atoms with E-state index in [1.807, 2.05) is 19.9 Å². The highest BCUT2D eigenvalue weighted by atomic mass is 16.4. The predicted molar refractivity (Wildman–Crippen MR) is 66.9 cm³/mol. The van der Waals surface area contributed by atoms with Gasteiger partial charge in [-0.25, -0.2) is 0 Å². The molecule has 1 atom stereocenters. The van der Waals surface area contributed by atoms with Gasteiger partial charge in [0.15, 0.2) is 0 Å². The number of aliphatic carboxylic acids is 1. The number of carboxylic acid groups (broad SMARTS) is 1. The normalized spacial score (nSPS) is 12.2. The van der Waals surface area contributed by atoms with Gasteiger partial charge in [0.25, 0.3) is 0 Å². The lowest BCUT2D eigenvalue weighted by atomic mass is 9.96. The predicted octanol–water partition coefficient (Wildman–Crippen LogP) is 1.10. The van der Waals surface area contributed by atoms with E-state index in [1.165, 1.54) is 0 Å². The van der Waals surface area contributed by atoms with E-state index in [4.69, 9.17) is 5.11 Å². The van der Waals surface area contributed by atoms with Crippen LogP contribution in [0.1, 0.15) is 19.4 Å². The zero-order valence-electron chi connectivity index (χ0n) is 10.6. The third-order valence-electron chi connectivity index (χ3n) is 2.73. The van der Waals surface area contributed by atoms with Crippen molar-refractivity contribution in [3.8, 4) is 0 Å². The summed E-state index contributed by atoms with van der Waals surface area (Å²) in [7, 11) is 0. The molecule has 5 nitrogen and oxygen atoms in total. The lowest BCUT2D eigenvalue weighted by Gasteiger charge is -2.16. The molecule has 1 aromatic heterocycles. The van der Waals surface area contributed by atoms with Crippen molar-refractivity contribution < 1.29 is 14.7 Å². The summed E-state index contributed by atoms with van der Waals surface area (Å²) in [6, 6.07) is 3.57. The van der Waals surface area contributed by atoms with E-state index < -0.39 is 11.9 Å². The minimum absolute atomic E-state index is 0.0128. The standard InChI is InChI=1S/C13H18N2O3/c1-9(2)11(13(17)18)8-15-12(16)6-10-4-3-5-14-7-10/h3-5,7,9,11H,6,8H2,1-2H3,(H,15,16)(H,17,18). The van der Waals surface area contributed by atoms with Crippen molar-refractivity contribution in [3.05, 3.63) is 30.1 Å². The first kappa shape index (κ1) is 14.2. The third kappa shape index (κ3) is 4.53. The Morgan fingerprint density at radius 3 is 2.67 bits per heavy atom. The highest BCUT2D eigenvalue weighted by Gasteiger charge is 2.21.